The number of rotatable bonds is 4. The molecule has 18 heavy (non-hydrogen) atoms. The molecule has 0 aliphatic heterocycles. The van der Waals surface area contributed by atoms with Gasteiger partial charge in [0.05, 0.1) is 6.54 Å². The van der Waals surface area contributed by atoms with E-state index < -0.39 is 0 Å². The normalized spacial score (nSPS) is 11.0. The maximum Gasteiger partial charge on any atom is 0.191 e. The zero-order valence-electron chi connectivity index (χ0n) is 10.5. The highest BCUT2D eigenvalue weighted by Crippen LogP contribution is 2.21. The molecule has 1 aromatic rings. The molecule has 3 nitrogen and oxygen atoms in total. The van der Waals surface area contributed by atoms with Crippen molar-refractivity contribution in [2.45, 2.75) is 20.4 Å². The summed E-state index contributed by atoms with van der Waals surface area (Å²) >= 11 is 9.48. The molecular formula is C12H18BrClIN3. The molecule has 0 amide bonds. The Morgan fingerprint density at radius 1 is 1.39 bits per heavy atom. The van der Waals surface area contributed by atoms with E-state index in [2.05, 4.69) is 34.8 Å². The molecule has 1 rings (SSSR count). The second kappa shape index (κ2) is 8.98. The van der Waals surface area contributed by atoms with Crippen LogP contribution in [0.1, 0.15) is 19.4 Å². The molecule has 6 heteroatoms. The largest absolute Gasteiger partial charge is 0.370 e. The van der Waals surface area contributed by atoms with Gasteiger partial charge >= 0.3 is 0 Å². The van der Waals surface area contributed by atoms with E-state index in [1.165, 1.54) is 0 Å². The van der Waals surface area contributed by atoms with Crippen LogP contribution in [0.2, 0.25) is 5.02 Å². The maximum absolute atomic E-state index is 6.11. The monoisotopic (exact) mass is 445 g/mol. The van der Waals surface area contributed by atoms with E-state index in [0.29, 0.717) is 17.5 Å². The van der Waals surface area contributed by atoms with E-state index in [4.69, 9.17) is 17.3 Å². The Kier molecular flexibility index (Phi) is 8.98. The SMILES string of the molecule is CCN(CC)C(N)=NCc1ccc(Br)cc1Cl.I. The van der Waals surface area contributed by atoms with Crippen LogP contribution in [0.25, 0.3) is 0 Å². The molecule has 2 N–H and O–H groups in total. The third-order valence-electron chi connectivity index (χ3n) is 2.51. The predicted octanol–water partition coefficient (Wildman–Crippen LogP) is 3.88. The molecule has 0 radical (unpaired) electrons. The van der Waals surface area contributed by atoms with Crippen molar-refractivity contribution in [3.63, 3.8) is 0 Å². The second-order valence-electron chi connectivity index (χ2n) is 3.58. The number of halogens is 3. The quantitative estimate of drug-likeness (QED) is 0.433. The fraction of sp³-hybridized carbons (Fsp3) is 0.417. The van der Waals surface area contributed by atoms with Crippen LogP contribution in [-0.2, 0) is 6.54 Å². The summed E-state index contributed by atoms with van der Waals surface area (Å²) < 4.78 is 0.965. The first-order valence-electron chi connectivity index (χ1n) is 5.57. The minimum Gasteiger partial charge on any atom is -0.370 e. The number of aliphatic imine (C=N–C) groups is 1. The van der Waals surface area contributed by atoms with Crippen molar-refractivity contribution in [1.29, 1.82) is 0 Å². The highest BCUT2D eigenvalue weighted by molar-refractivity contribution is 14.0. The molecule has 0 bridgehead atoms. The summed E-state index contributed by atoms with van der Waals surface area (Å²) in [5.74, 6) is 0.564. The van der Waals surface area contributed by atoms with Gasteiger partial charge in [-0.1, -0.05) is 33.6 Å². The van der Waals surface area contributed by atoms with E-state index in [1.54, 1.807) is 0 Å². The van der Waals surface area contributed by atoms with Gasteiger partial charge in [-0.25, -0.2) is 4.99 Å². The summed E-state index contributed by atoms with van der Waals surface area (Å²) in [6, 6.07) is 5.76. The number of hydrogen-bond donors (Lipinski definition) is 1. The molecule has 0 atom stereocenters. The Morgan fingerprint density at radius 3 is 2.50 bits per heavy atom. The van der Waals surface area contributed by atoms with E-state index in [-0.39, 0.29) is 24.0 Å². The molecule has 102 valence electrons. The Morgan fingerprint density at radius 2 is 2.00 bits per heavy atom. The Balaban J connectivity index is 0.00000289. The third-order valence-corrected chi connectivity index (χ3v) is 3.36. The average molecular weight is 447 g/mol. The number of nitrogens with zero attached hydrogens (tertiary/aromatic N) is 2. The van der Waals surface area contributed by atoms with Gasteiger partial charge in [-0.15, -0.1) is 24.0 Å². The van der Waals surface area contributed by atoms with Gasteiger partial charge in [-0.3, -0.25) is 0 Å². The molecule has 0 aromatic heterocycles. The summed E-state index contributed by atoms with van der Waals surface area (Å²) in [4.78, 5) is 6.35. The highest BCUT2D eigenvalue weighted by atomic mass is 127. The fourth-order valence-corrected chi connectivity index (χ4v) is 2.20. The van der Waals surface area contributed by atoms with Crippen molar-refractivity contribution in [3.05, 3.63) is 33.3 Å². The molecule has 0 heterocycles. The lowest BCUT2D eigenvalue weighted by atomic mass is 10.2. The number of benzene rings is 1. The van der Waals surface area contributed by atoms with Gasteiger partial charge in [0.15, 0.2) is 5.96 Å². The van der Waals surface area contributed by atoms with E-state index >= 15 is 0 Å². The lowest BCUT2D eigenvalue weighted by Gasteiger charge is -2.19. The first-order chi connectivity index (χ1) is 8.08. The number of hydrogen-bond acceptors (Lipinski definition) is 1. The summed E-state index contributed by atoms with van der Waals surface area (Å²) in [6.07, 6.45) is 0. The van der Waals surface area contributed by atoms with Crippen molar-refractivity contribution >= 4 is 57.5 Å². The molecule has 0 spiro atoms. The topological polar surface area (TPSA) is 41.6 Å². The minimum absolute atomic E-state index is 0. The molecule has 0 saturated carbocycles. The second-order valence-corrected chi connectivity index (χ2v) is 4.91. The van der Waals surface area contributed by atoms with Crippen molar-refractivity contribution < 1.29 is 0 Å². The van der Waals surface area contributed by atoms with Crippen LogP contribution in [0.5, 0.6) is 0 Å². The van der Waals surface area contributed by atoms with E-state index in [1.807, 2.05) is 23.1 Å². The zero-order valence-corrected chi connectivity index (χ0v) is 15.2. The van der Waals surface area contributed by atoms with Gasteiger partial charge in [0.25, 0.3) is 0 Å². The standard InChI is InChI=1S/C12H17BrClN3.HI/c1-3-17(4-2)12(15)16-8-9-5-6-10(13)7-11(9)14;/h5-7H,3-4,8H2,1-2H3,(H2,15,16);1H. The molecule has 0 saturated heterocycles. The van der Waals surface area contributed by atoms with Gasteiger partial charge in [0.2, 0.25) is 0 Å². The fourth-order valence-electron chi connectivity index (χ4n) is 1.46. The van der Waals surface area contributed by atoms with Crippen molar-refractivity contribution in [1.82, 2.24) is 4.90 Å². The van der Waals surface area contributed by atoms with Crippen LogP contribution < -0.4 is 5.73 Å². The van der Waals surface area contributed by atoms with Crippen LogP contribution in [0.3, 0.4) is 0 Å². The lowest BCUT2D eigenvalue weighted by molar-refractivity contribution is 0.458. The van der Waals surface area contributed by atoms with Crippen LogP contribution >= 0.6 is 51.5 Å². The van der Waals surface area contributed by atoms with Crippen LogP contribution in [0.4, 0.5) is 0 Å². The Labute approximate surface area is 139 Å². The van der Waals surface area contributed by atoms with Crippen LogP contribution in [0, 0.1) is 0 Å². The van der Waals surface area contributed by atoms with Gasteiger partial charge in [0.1, 0.15) is 0 Å². The number of nitrogens with two attached hydrogens (primary N) is 1. The maximum atomic E-state index is 6.11. The average Bonchev–Trinajstić information content (AvgIpc) is 2.29. The molecule has 1 aromatic carbocycles. The van der Waals surface area contributed by atoms with E-state index in [0.717, 1.165) is 23.1 Å². The summed E-state index contributed by atoms with van der Waals surface area (Å²) in [5.41, 5.74) is 6.87. The lowest BCUT2D eigenvalue weighted by Crippen LogP contribution is -2.37. The van der Waals surface area contributed by atoms with Crippen LogP contribution in [0.15, 0.2) is 27.7 Å². The minimum atomic E-state index is 0. The Hall–Kier alpha value is -0.0100. The smallest absolute Gasteiger partial charge is 0.191 e. The third kappa shape index (κ3) is 5.32. The molecule has 0 aliphatic carbocycles. The van der Waals surface area contributed by atoms with Crippen molar-refractivity contribution in [2.75, 3.05) is 13.1 Å². The zero-order chi connectivity index (χ0) is 12.8. The summed E-state index contributed by atoms with van der Waals surface area (Å²) in [5, 5.41) is 0.704. The van der Waals surface area contributed by atoms with Gasteiger partial charge in [-0.05, 0) is 31.5 Å². The molecule has 0 unspecified atom stereocenters. The van der Waals surface area contributed by atoms with Crippen LogP contribution in [-0.4, -0.2) is 23.9 Å². The molecule has 0 aliphatic rings. The number of guanidine groups is 1. The first kappa shape index (κ1) is 18.0. The molecule has 0 fully saturated rings. The van der Waals surface area contributed by atoms with Gasteiger partial charge in [-0.2, -0.15) is 0 Å². The predicted molar refractivity (Wildman–Crippen MR) is 92.8 cm³/mol. The first-order valence-corrected chi connectivity index (χ1v) is 6.74. The van der Waals surface area contributed by atoms with E-state index in [9.17, 15) is 0 Å². The van der Waals surface area contributed by atoms with Gasteiger partial charge < -0.3 is 10.6 Å². The van der Waals surface area contributed by atoms with Gasteiger partial charge in [0, 0.05) is 22.6 Å². The molecular weight excluding hydrogens is 428 g/mol. The highest BCUT2D eigenvalue weighted by Gasteiger charge is 2.03. The Bertz CT molecular complexity index is 408. The van der Waals surface area contributed by atoms with Crippen molar-refractivity contribution in [2.24, 2.45) is 10.7 Å². The summed E-state index contributed by atoms with van der Waals surface area (Å²) in [7, 11) is 0. The summed E-state index contributed by atoms with van der Waals surface area (Å²) in [6.45, 7) is 6.34. The van der Waals surface area contributed by atoms with Crippen molar-refractivity contribution in [3.8, 4) is 0 Å².